The first-order valence-electron chi connectivity index (χ1n) is 3.39. The number of aliphatic hydroxyl groups is 2. The van der Waals surface area contributed by atoms with Crippen LogP contribution in [0.25, 0.3) is 0 Å². The van der Waals surface area contributed by atoms with E-state index in [1.165, 1.54) is 0 Å². The molecular weight excluding hydrogens is 150 g/mol. The molecule has 1 atom stereocenters. The summed E-state index contributed by atoms with van der Waals surface area (Å²) in [5, 5.41) is 17.2. The number of carbonyl (C=O) groups is 1. The largest absolute Gasteiger partial charge is 0.435 e. The van der Waals surface area contributed by atoms with Crippen molar-refractivity contribution in [1.82, 2.24) is 0 Å². The SMILES string of the molecule is NCC(=O)OC(O)CCCO. The lowest BCUT2D eigenvalue weighted by atomic mass is 10.3. The highest BCUT2D eigenvalue weighted by Gasteiger charge is 2.07. The number of rotatable bonds is 5. The van der Waals surface area contributed by atoms with Crippen LogP contribution in [0.5, 0.6) is 0 Å². The van der Waals surface area contributed by atoms with Crippen LogP contribution in [0.3, 0.4) is 0 Å². The summed E-state index contributed by atoms with van der Waals surface area (Å²) in [5.74, 6) is -0.643. The predicted molar refractivity (Wildman–Crippen MR) is 37.5 cm³/mol. The lowest BCUT2D eigenvalue weighted by molar-refractivity contribution is -0.167. The maximum atomic E-state index is 10.4. The van der Waals surface area contributed by atoms with E-state index >= 15 is 0 Å². The minimum atomic E-state index is -1.14. The summed E-state index contributed by atoms with van der Waals surface area (Å²) in [6, 6.07) is 0. The summed E-state index contributed by atoms with van der Waals surface area (Å²) in [6.07, 6.45) is -0.500. The fourth-order valence-electron chi connectivity index (χ4n) is 0.525. The Bertz CT molecular complexity index is 117. The van der Waals surface area contributed by atoms with Gasteiger partial charge < -0.3 is 20.7 Å². The maximum absolute atomic E-state index is 10.4. The molecule has 0 aromatic rings. The van der Waals surface area contributed by atoms with Gasteiger partial charge in [-0.05, 0) is 6.42 Å². The number of nitrogens with two attached hydrogens (primary N) is 1. The van der Waals surface area contributed by atoms with Crippen molar-refractivity contribution < 1.29 is 19.7 Å². The monoisotopic (exact) mass is 163 g/mol. The average molecular weight is 163 g/mol. The van der Waals surface area contributed by atoms with E-state index in [0.29, 0.717) is 6.42 Å². The van der Waals surface area contributed by atoms with Gasteiger partial charge in [0.15, 0.2) is 0 Å². The van der Waals surface area contributed by atoms with Crippen LogP contribution < -0.4 is 5.73 Å². The Kier molecular flexibility index (Phi) is 5.73. The van der Waals surface area contributed by atoms with Gasteiger partial charge in [-0.15, -0.1) is 0 Å². The van der Waals surface area contributed by atoms with Crippen LogP contribution in [0, 0.1) is 0 Å². The molecule has 0 saturated heterocycles. The third kappa shape index (κ3) is 5.78. The first kappa shape index (κ1) is 10.3. The van der Waals surface area contributed by atoms with Crippen molar-refractivity contribution in [3.63, 3.8) is 0 Å². The third-order valence-electron chi connectivity index (χ3n) is 1.04. The molecule has 5 heteroatoms. The standard InChI is InChI=1S/C6H13NO4/c7-4-6(10)11-5(9)2-1-3-8/h5,8-9H,1-4,7H2. The van der Waals surface area contributed by atoms with Gasteiger partial charge in [-0.2, -0.15) is 0 Å². The van der Waals surface area contributed by atoms with Crippen molar-refractivity contribution in [3.8, 4) is 0 Å². The molecule has 0 radical (unpaired) electrons. The van der Waals surface area contributed by atoms with Crippen molar-refractivity contribution in [2.45, 2.75) is 19.1 Å². The van der Waals surface area contributed by atoms with Gasteiger partial charge >= 0.3 is 5.97 Å². The Morgan fingerprint density at radius 1 is 1.64 bits per heavy atom. The van der Waals surface area contributed by atoms with E-state index in [0.717, 1.165) is 0 Å². The van der Waals surface area contributed by atoms with Crippen LogP contribution in [0.1, 0.15) is 12.8 Å². The Morgan fingerprint density at radius 3 is 2.73 bits per heavy atom. The zero-order valence-corrected chi connectivity index (χ0v) is 6.19. The molecular formula is C6H13NO4. The number of hydrogen-bond acceptors (Lipinski definition) is 5. The molecule has 11 heavy (non-hydrogen) atoms. The summed E-state index contributed by atoms with van der Waals surface area (Å²) < 4.78 is 4.38. The van der Waals surface area contributed by atoms with Crippen LogP contribution in [0.15, 0.2) is 0 Å². The molecule has 0 aliphatic heterocycles. The first-order chi connectivity index (χ1) is 5.20. The van der Waals surface area contributed by atoms with Crippen LogP contribution in [-0.4, -0.2) is 35.6 Å². The molecule has 0 aliphatic rings. The number of ether oxygens (including phenoxy) is 1. The predicted octanol–water partition coefficient (Wildman–Crippen LogP) is -1.42. The van der Waals surface area contributed by atoms with Crippen molar-refractivity contribution in [1.29, 1.82) is 0 Å². The second kappa shape index (κ2) is 6.09. The summed E-state index contributed by atoms with van der Waals surface area (Å²) in [7, 11) is 0. The van der Waals surface area contributed by atoms with E-state index in [1.807, 2.05) is 0 Å². The van der Waals surface area contributed by atoms with Gasteiger partial charge in [-0.1, -0.05) is 0 Å². The van der Waals surface area contributed by atoms with Gasteiger partial charge in [-0.3, -0.25) is 4.79 Å². The van der Waals surface area contributed by atoms with Gasteiger partial charge in [0.25, 0.3) is 0 Å². The van der Waals surface area contributed by atoms with Gasteiger partial charge in [0.2, 0.25) is 6.29 Å². The quantitative estimate of drug-likeness (QED) is 0.341. The Morgan fingerprint density at radius 2 is 2.27 bits per heavy atom. The molecule has 0 aromatic heterocycles. The van der Waals surface area contributed by atoms with Crippen LogP contribution in [-0.2, 0) is 9.53 Å². The first-order valence-corrected chi connectivity index (χ1v) is 3.39. The molecule has 66 valence electrons. The van der Waals surface area contributed by atoms with E-state index in [2.05, 4.69) is 4.74 Å². The van der Waals surface area contributed by atoms with E-state index in [4.69, 9.17) is 15.9 Å². The lowest BCUT2D eigenvalue weighted by Crippen LogP contribution is -2.23. The highest BCUT2D eigenvalue weighted by Crippen LogP contribution is 1.97. The maximum Gasteiger partial charge on any atom is 0.321 e. The van der Waals surface area contributed by atoms with Crippen molar-refractivity contribution in [3.05, 3.63) is 0 Å². The van der Waals surface area contributed by atoms with Crippen LogP contribution in [0.4, 0.5) is 0 Å². The highest BCUT2D eigenvalue weighted by atomic mass is 16.6. The molecule has 0 saturated carbocycles. The van der Waals surface area contributed by atoms with Crippen LogP contribution >= 0.6 is 0 Å². The van der Waals surface area contributed by atoms with Gasteiger partial charge in [-0.25, -0.2) is 0 Å². The molecule has 0 fully saturated rings. The summed E-state index contributed by atoms with van der Waals surface area (Å²) in [4.78, 5) is 10.4. The van der Waals surface area contributed by atoms with E-state index in [1.54, 1.807) is 0 Å². The topological polar surface area (TPSA) is 92.8 Å². The molecule has 5 nitrogen and oxygen atoms in total. The van der Waals surface area contributed by atoms with Crippen molar-refractivity contribution in [2.24, 2.45) is 5.73 Å². The Labute approximate surface area is 64.8 Å². The lowest BCUT2D eigenvalue weighted by Gasteiger charge is -2.09. The molecule has 0 bridgehead atoms. The average Bonchev–Trinajstić information content (AvgIpc) is 2.00. The molecule has 0 aliphatic carbocycles. The minimum Gasteiger partial charge on any atom is -0.435 e. The van der Waals surface area contributed by atoms with Gasteiger partial charge in [0.1, 0.15) is 0 Å². The molecule has 0 aromatic carbocycles. The number of hydrogen-bond donors (Lipinski definition) is 3. The Hall–Kier alpha value is -0.650. The summed E-state index contributed by atoms with van der Waals surface area (Å²) in [6.45, 7) is -0.270. The smallest absolute Gasteiger partial charge is 0.321 e. The summed E-state index contributed by atoms with van der Waals surface area (Å²) in [5.41, 5.74) is 4.91. The van der Waals surface area contributed by atoms with Gasteiger partial charge in [0, 0.05) is 13.0 Å². The molecule has 0 spiro atoms. The van der Waals surface area contributed by atoms with Crippen LogP contribution in [0.2, 0.25) is 0 Å². The van der Waals surface area contributed by atoms with E-state index in [-0.39, 0.29) is 19.6 Å². The minimum absolute atomic E-state index is 0.0305. The number of carbonyl (C=O) groups excluding carboxylic acids is 1. The molecule has 0 heterocycles. The Balaban J connectivity index is 3.35. The van der Waals surface area contributed by atoms with Crippen molar-refractivity contribution >= 4 is 5.97 Å². The third-order valence-corrected chi connectivity index (χ3v) is 1.04. The van der Waals surface area contributed by atoms with E-state index < -0.39 is 12.3 Å². The fraction of sp³-hybridized carbons (Fsp3) is 0.833. The number of aliphatic hydroxyl groups excluding tert-OH is 2. The fourth-order valence-corrected chi connectivity index (χ4v) is 0.525. The second-order valence-electron chi connectivity index (χ2n) is 2.01. The highest BCUT2D eigenvalue weighted by molar-refractivity contribution is 5.71. The van der Waals surface area contributed by atoms with Crippen molar-refractivity contribution in [2.75, 3.05) is 13.2 Å². The zero-order chi connectivity index (χ0) is 8.69. The normalized spacial score (nSPS) is 12.6. The zero-order valence-electron chi connectivity index (χ0n) is 6.19. The number of esters is 1. The molecule has 0 amide bonds. The summed E-state index contributed by atoms with van der Waals surface area (Å²) >= 11 is 0. The molecule has 4 N–H and O–H groups in total. The van der Waals surface area contributed by atoms with E-state index in [9.17, 15) is 4.79 Å². The molecule has 1 unspecified atom stereocenters. The second-order valence-corrected chi connectivity index (χ2v) is 2.01. The molecule has 0 rings (SSSR count). The van der Waals surface area contributed by atoms with Gasteiger partial charge in [0.05, 0.1) is 6.54 Å².